The molecule has 1 aromatic heterocycles. The van der Waals surface area contributed by atoms with Gasteiger partial charge in [0.1, 0.15) is 17.1 Å². The number of ether oxygens (including phenoxy) is 1. The molecule has 0 unspecified atom stereocenters. The van der Waals surface area contributed by atoms with Crippen molar-refractivity contribution in [2.75, 3.05) is 13.7 Å². The molecule has 5 nitrogen and oxygen atoms in total. The van der Waals surface area contributed by atoms with E-state index in [1.165, 1.54) is 4.57 Å². The molecule has 0 atom stereocenters. The molecule has 17 heavy (non-hydrogen) atoms. The summed E-state index contributed by atoms with van der Waals surface area (Å²) in [5.74, 6) is 1.29. The summed E-state index contributed by atoms with van der Waals surface area (Å²) in [5.41, 5.74) is 6.03. The van der Waals surface area contributed by atoms with Gasteiger partial charge in [-0.15, -0.1) is 0 Å². The SMILES string of the molecule is COc1cccc2c(=O)n(C)c(CCN)nc12. The zero-order valence-corrected chi connectivity index (χ0v) is 9.93. The minimum atomic E-state index is -0.0719. The van der Waals surface area contributed by atoms with Crippen LogP contribution in [0.4, 0.5) is 0 Å². The zero-order valence-electron chi connectivity index (χ0n) is 9.93. The Hall–Kier alpha value is -1.88. The van der Waals surface area contributed by atoms with Crippen LogP contribution >= 0.6 is 0 Å². The Balaban J connectivity index is 2.81. The number of methoxy groups -OCH3 is 1. The van der Waals surface area contributed by atoms with Gasteiger partial charge in [0.25, 0.3) is 5.56 Å². The highest BCUT2D eigenvalue weighted by Gasteiger charge is 2.10. The Morgan fingerprint density at radius 1 is 1.47 bits per heavy atom. The van der Waals surface area contributed by atoms with E-state index in [0.717, 1.165) is 0 Å². The Bertz CT molecular complexity index is 604. The molecule has 0 saturated heterocycles. The van der Waals surface area contributed by atoms with Gasteiger partial charge in [-0.3, -0.25) is 9.36 Å². The zero-order chi connectivity index (χ0) is 12.4. The number of nitrogens with zero attached hydrogens (tertiary/aromatic N) is 2. The summed E-state index contributed by atoms with van der Waals surface area (Å²) in [6, 6.07) is 5.33. The molecule has 0 bridgehead atoms. The predicted molar refractivity (Wildman–Crippen MR) is 66.3 cm³/mol. The lowest BCUT2D eigenvalue weighted by Gasteiger charge is -2.10. The molecule has 0 amide bonds. The maximum Gasteiger partial charge on any atom is 0.261 e. The van der Waals surface area contributed by atoms with E-state index in [1.807, 2.05) is 0 Å². The standard InChI is InChI=1S/C12H15N3O2/c1-15-10(6-7-13)14-11-8(12(15)16)4-3-5-9(11)17-2/h3-5H,6-7,13H2,1-2H3. The molecule has 2 aromatic rings. The van der Waals surface area contributed by atoms with Gasteiger partial charge in [0.2, 0.25) is 0 Å². The minimum Gasteiger partial charge on any atom is -0.494 e. The summed E-state index contributed by atoms with van der Waals surface area (Å²) < 4.78 is 6.75. The molecule has 2 rings (SSSR count). The van der Waals surface area contributed by atoms with Crippen LogP contribution in [0.5, 0.6) is 5.75 Å². The third-order valence-corrected chi connectivity index (χ3v) is 2.75. The largest absolute Gasteiger partial charge is 0.494 e. The number of hydrogen-bond acceptors (Lipinski definition) is 4. The van der Waals surface area contributed by atoms with E-state index >= 15 is 0 Å². The van der Waals surface area contributed by atoms with Crippen molar-refractivity contribution in [2.45, 2.75) is 6.42 Å². The van der Waals surface area contributed by atoms with Crippen molar-refractivity contribution in [1.29, 1.82) is 0 Å². The smallest absolute Gasteiger partial charge is 0.261 e. The normalized spacial score (nSPS) is 10.8. The van der Waals surface area contributed by atoms with Crippen molar-refractivity contribution in [1.82, 2.24) is 9.55 Å². The summed E-state index contributed by atoms with van der Waals surface area (Å²) in [4.78, 5) is 16.6. The average Bonchev–Trinajstić information content (AvgIpc) is 2.35. The van der Waals surface area contributed by atoms with Crippen molar-refractivity contribution < 1.29 is 4.74 Å². The van der Waals surface area contributed by atoms with Gasteiger partial charge in [-0.2, -0.15) is 0 Å². The van der Waals surface area contributed by atoms with Crippen LogP contribution in [0.1, 0.15) is 5.82 Å². The Morgan fingerprint density at radius 2 is 2.24 bits per heavy atom. The number of nitrogens with two attached hydrogens (primary N) is 1. The van der Waals surface area contributed by atoms with Crippen LogP contribution in [-0.2, 0) is 13.5 Å². The molecule has 0 aliphatic heterocycles. The first-order chi connectivity index (χ1) is 8.19. The number of fused-ring (bicyclic) bond motifs is 1. The molecule has 2 N–H and O–H groups in total. The molecule has 90 valence electrons. The monoisotopic (exact) mass is 233 g/mol. The van der Waals surface area contributed by atoms with Gasteiger partial charge in [-0.05, 0) is 18.7 Å². The molecule has 0 saturated carbocycles. The molecule has 0 aliphatic rings. The number of aromatic nitrogens is 2. The molecule has 1 heterocycles. The van der Waals surface area contributed by atoms with Gasteiger partial charge >= 0.3 is 0 Å². The van der Waals surface area contributed by atoms with E-state index in [2.05, 4.69) is 4.98 Å². The van der Waals surface area contributed by atoms with Crippen molar-refractivity contribution >= 4 is 10.9 Å². The third-order valence-electron chi connectivity index (χ3n) is 2.75. The van der Waals surface area contributed by atoms with E-state index in [9.17, 15) is 4.79 Å². The van der Waals surface area contributed by atoms with Crippen LogP contribution in [0.3, 0.4) is 0 Å². The van der Waals surface area contributed by atoms with Gasteiger partial charge in [-0.1, -0.05) is 6.07 Å². The molecule has 5 heteroatoms. The molecule has 0 radical (unpaired) electrons. The van der Waals surface area contributed by atoms with E-state index in [-0.39, 0.29) is 5.56 Å². The molecule has 0 fully saturated rings. The molecular formula is C12H15N3O2. The maximum atomic E-state index is 12.1. The number of para-hydroxylation sites is 1. The maximum absolute atomic E-state index is 12.1. The van der Waals surface area contributed by atoms with Gasteiger partial charge in [0.15, 0.2) is 0 Å². The summed E-state index contributed by atoms with van der Waals surface area (Å²) in [5, 5.41) is 0.563. The second-order valence-corrected chi connectivity index (χ2v) is 3.79. The van der Waals surface area contributed by atoms with Crippen molar-refractivity contribution in [3.05, 3.63) is 34.4 Å². The fraction of sp³-hybridized carbons (Fsp3) is 0.333. The van der Waals surface area contributed by atoms with Crippen LogP contribution < -0.4 is 16.0 Å². The first-order valence-electron chi connectivity index (χ1n) is 5.41. The quantitative estimate of drug-likeness (QED) is 0.835. The van der Waals surface area contributed by atoms with Crippen molar-refractivity contribution in [2.24, 2.45) is 12.8 Å². The summed E-state index contributed by atoms with van der Waals surface area (Å²) in [7, 11) is 3.27. The lowest BCUT2D eigenvalue weighted by atomic mass is 10.2. The summed E-state index contributed by atoms with van der Waals surface area (Å²) in [6.45, 7) is 0.459. The highest BCUT2D eigenvalue weighted by atomic mass is 16.5. The van der Waals surface area contributed by atoms with Gasteiger partial charge in [-0.25, -0.2) is 4.98 Å². The predicted octanol–water partition coefficient (Wildman–Crippen LogP) is 0.443. The van der Waals surface area contributed by atoms with Gasteiger partial charge in [0, 0.05) is 13.5 Å². The second-order valence-electron chi connectivity index (χ2n) is 3.79. The van der Waals surface area contributed by atoms with Crippen LogP contribution in [0, 0.1) is 0 Å². The molecule has 0 aliphatic carbocycles. The average molecular weight is 233 g/mol. The van der Waals surface area contributed by atoms with Crippen molar-refractivity contribution in [3.8, 4) is 5.75 Å². The van der Waals surface area contributed by atoms with Crippen molar-refractivity contribution in [3.63, 3.8) is 0 Å². The summed E-state index contributed by atoms with van der Waals surface area (Å²) >= 11 is 0. The number of benzene rings is 1. The third kappa shape index (κ3) is 1.89. The fourth-order valence-electron chi connectivity index (χ4n) is 1.83. The Morgan fingerprint density at radius 3 is 2.88 bits per heavy atom. The topological polar surface area (TPSA) is 70.1 Å². The van der Waals surface area contributed by atoms with Gasteiger partial charge < -0.3 is 10.5 Å². The molecule has 1 aromatic carbocycles. The van der Waals surface area contributed by atoms with E-state index in [4.69, 9.17) is 10.5 Å². The second kappa shape index (κ2) is 4.55. The van der Waals surface area contributed by atoms with E-state index in [0.29, 0.717) is 35.4 Å². The first kappa shape index (κ1) is 11.6. The number of hydrogen-bond donors (Lipinski definition) is 1. The lowest BCUT2D eigenvalue weighted by molar-refractivity contribution is 0.418. The molecule has 0 spiro atoms. The first-order valence-corrected chi connectivity index (χ1v) is 5.41. The van der Waals surface area contributed by atoms with E-state index in [1.54, 1.807) is 32.4 Å². The Kier molecular flexibility index (Phi) is 3.10. The van der Waals surface area contributed by atoms with Crippen LogP contribution in [0.15, 0.2) is 23.0 Å². The highest BCUT2D eigenvalue weighted by Crippen LogP contribution is 2.20. The van der Waals surface area contributed by atoms with Crippen LogP contribution in [-0.4, -0.2) is 23.2 Å². The van der Waals surface area contributed by atoms with Gasteiger partial charge in [0.05, 0.1) is 12.5 Å². The van der Waals surface area contributed by atoms with Crippen LogP contribution in [0.2, 0.25) is 0 Å². The lowest BCUT2D eigenvalue weighted by Crippen LogP contribution is -2.24. The Labute approximate surface area is 98.8 Å². The molecular weight excluding hydrogens is 218 g/mol. The number of rotatable bonds is 3. The fourth-order valence-corrected chi connectivity index (χ4v) is 1.83. The highest BCUT2D eigenvalue weighted by molar-refractivity contribution is 5.83. The minimum absolute atomic E-state index is 0.0719. The van der Waals surface area contributed by atoms with Crippen LogP contribution in [0.25, 0.3) is 10.9 Å². The summed E-state index contributed by atoms with van der Waals surface area (Å²) in [6.07, 6.45) is 0.569. The van der Waals surface area contributed by atoms with E-state index < -0.39 is 0 Å².